The number of amides is 2. The van der Waals surface area contributed by atoms with E-state index in [1.807, 2.05) is 12.1 Å². The Morgan fingerprint density at radius 2 is 1.46 bits per heavy atom. The van der Waals surface area contributed by atoms with E-state index in [1.165, 1.54) is 0 Å². The van der Waals surface area contributed by atoms with Crippen LogP contribution in [-0.2, 0) is 9.59 Å². The van der Waals surface area contributed by atoms with E-state index in [0.717, 1.165) is 5.39 Å². The molecule has 0 unspecified atom stereocenters. The number of hydrogen-bond donors (Lipinski definition) is 2. The fraction of sp³-hybridized carbons (Fsp3) is 0. The minimum absolute atomic E-state index is 0.173. The predicted octanol–water partition coefficient (Wildman–Crippen LogP) is 4.12. The molecular weight excluding hydrogens is 349 g/mol. The number of nitrogens with zero attached hydrogens (tertiary/aromatic N) is 1. The van der Waals surface area contributed by atoms with Gasteiger partial charge >= 0.3 is 11.8 Å². The van der Waals surface area contributed by atoms with Crippen molar-refractivity contribution in [2.24, 2.45) is 0 Å². The number of hydrogen-bond acceptors (Lipinski definition) is 3. The molecule has 2 amide bonds. The van der Waals surface area contributed by atoms with Gasteiger partial charge in [0.25, 0.3) is 0 Å². The zero-order valence-corrected chi connectivity index (χ0v) is 13.7. The Kier molecular flexibility index (Phi) is 4.64. The van der Waals surface area contributed by atoms with Gasteiger partial charge in [-0.2, -0.15) is 0 Å². The molecule has 3 aromatic rings. The van der Waals surface area contributed by atoms with Gasteiger partial charge in [0.1, 0.15) is 0 Å². The molecule has 2 aromatic carbocycles. The Balaban J connectivity index is 1.79. The number of anilines is 2. The summed E-state index contributed by atoms with van der Waals surface area (Å²) in [6, 6.07) is 13.7. The van der Waals surface area contributed by atoms with E-state index < -0.39 is 11.8 Å². The van der Waals surface area contributed by atoms with Crippen LogP contribution in [0.15, 0.2) is 54.7 Å². The maximum Gasteiger partial charge on any atom is 0.314 e. The van der Waals surface area contributed by atoms with Crippen molar-refractivity contribution in [3.63, 3.8) is 0 Å². The summed E-state index contributed by atoms with van der Waals surface area (Å²) in [7, 11) is 0. The number of fused-ring (bicyclic) bond motifs is 1. The van der Waals surface area contributed by atoms with Gasteiger partial charge in [0.05, 0.1) is 26.9 Å². The normalized spacial score (nSPS) is 10.4. The number of carbonyl (C=O) groups excluding carboxylic acids is 2. The molecule has 1 aromatic heterocycles. The van der Waals surface area contributed by atoms with Crippen molar-refractivity contribution in [2.75, 3.05) is 10.6 Å². The van der Waals surface area contributed by atoms with Crippen molar-refractivity contribution in [1.29, 1.82) is 0 Å². The largest absolute Gasteiger partial charge is 0.316 e. The first-order chi connectivity index (χ1) is 11.6. The second-order valence-corrected chi connectivity index (χ2v) is 5.68. The van der Waals surface area contributed by atoms with Gasteiger partial charge < -0.3 is 10.6 Å². The van der Waals surface area contributed by atoms with Crippen LogP contribution in [0.5, 0.6) is 0 Å². The van der Waals surface area contributed by atoms with Crippen molar-refractivity contribution in [3.8, 4) is 0 Å². The summed E-state index contributed by atoms with van der Waals surface area (Å²) in [5.41, 5.74) is 1.31. The fourth-order valence-corrected chi connectivity index (χ4v) is 2.51. The second-order valence-electron chi connectivity index (χ2n) is 4.89. The number of halogens is 2. The summed E-state index contributed by atoms with van der Waals surface area (Å²) < 4.78 is 0. The molecule has 7 heteroatoms. The molecule has 0 saturated carbocycles. The molecule has 0 aliphatic heterocycles. The molecule has 24 heavy (non-hydrogen) atoms. The first kappa shape index (κ1) is 16.2. The zero-order chi connectivity index (χ0) is 17.1. The van der Waals surface area contributed by atoms with Gasteiger partial charge in [-0.15, -0.1) is 0 Å². The third kappa shape index (κ3) is 3.32. The minimum atomic E-state index is -0.855. The Labute approximate surface area is 147 Å². The van der Waals surface area contributed by atoms with Crippen LogP contribution >= 0.6 is 23.2 Å². The molecule has 1 heterocycles. The predicted molar refractivity (Wildman–Crippen MR) is 95.5 cm³/mol. The Morgan fingerprint density at radius 3 is 2.25 bits per heavy atom. The van der Waals surface area contributed by atoms with Gasteiger partial charge in [0.15, 0.2) is 0 Å². The van der Waals surface area contributed by atoms with Crippen molar-refractivity contribution in [3.05, 3.63) is 64.8 Å². The molecule has 0 saturated heterocycles. The lowest BCUT2D eigenvalue weighted by atomic mass is 10.2. The Morgan fingerprint density at radius 1 is 0.833 bits per heavy atom. The first-order valence-corrected chi connectivity index (χ1v) is 7.72. The molecule has 0 radical (unpaired) electrons. The quantitative estimate of drug-likeness (QED) is 0.676. The molecule has 0 aliphatic rings. The van der Waals surface area contributed by atoms with Crippen molar-refractivity contribution in [1.82, 2.24) is 4.98 Å². The van der Waals surface area contributed by atoms with Crippen LogP contribution in [0.4, 0.5) is 11.4 Å². The molecule has 5 nitrogen and oxygen atoms in total. The van der Waals surface area contributed by atoms with E-state index in [0.29, 0.717) is 11.2 Å². The van der Waals surface area contributed by atoms with Gasteiger partial charge in [-0.05, 0) is 24.3 Å². The third-order valence-electron chi connectivity index (χ3n) is 3.29. The van der Waals surface area contributed by atoms with Crippen LogP contribution < -0.4 is 10.6 Å². The average Bonchev–Trinajstić information content (AvgIpc) is 2.59. The zero-order valence-electron chi connectivity index (χ0n) is 12.2. The summed E-state index contributed by atoms with van der Waals surface area (Å²) in [6.07, 6.45) is 1.61. The molecule has 0 bridgehead atoms. The number of nitrogens with one attached hydrogen (secondary N) is 2. The van der Waals surface area contributed by atoms with E-state index >= 15 is 0 Å². The second kappa shape index (κ2) is 6.86. The van der Waals surface area contributed by atoms with Crippen LogP contribution in [0.2, 0.25) is 10.0 Å². The third-order valence-corrected chi connectivity index (χ3v) is 4.11. The molecule has 0 fully saturated rings. The number of benzene rings is 2. The average molecular weight is 360 g/mol. The van der Waals surface area contributed by atoms with Crippen molar-refractivity contribution in [2.45, 2.75) is 0 Å². The molecular formula is C17H11Cl2N3O2. The number of aromatic nitrogens is 1. The summed E-state index contributed by atoms with van der Waals surface area (Å²) in [4.78, 5) is 28.4. The summed E-state index contributed by atoms with van der Waals surface area (Å²) in [5.74, 6) is -1.68. The standard InChI is InChI=1S/C17H11Cl2N3O2/c18-11-6-2-7-12(14(11)19)21-16(23)17(24)22-13-8-1-4-10-5-3-9-20-15(10)13/h1-9H,(H,21,23)(H,22,24). The lowest BCUT2D eigenvalue weighted by molar-refractivity contribution is -0.132. The van der Waals surface area contributed by atoms with Crippen LogP contribution in [0.3, 0.4) is 0 Å². The van der Waals surface area contributed by atoms with E-state index in [1.54, 1.807) is 42.6 Å². The molecule has 120 valence electrons. The Bertz CT molecular complexity index is 939. The number of rotatable bonds is 2. The first-order valence-electron chi connectivity index (χ1n) is 6.96. The lowest BCUT2D eigenvalue weighted by Gasteiger charge is -2.10. The van der Waals surface area contributed by atoms with E-state index in [2.05, 4.69) is 15.6 Å². The van der Waals surface area contributed by atoms with E-state index in [-0.39, 0.29) is 15.7 Å². The number of para-hydroxylation sites is 1. The van der Waals surface area contributed by atoms with Crippen LogP contribution in [-0.4, -0.2) is 16.8 Å². The SMILES string of the molecule is O=C(Nc1cccc(Cl)c1Cl)C(=O)Nc1cccc2cccnc12. The topological polar surface area (TPSA) is 71.1 Å². The highest BCUT2D eigenvalue weighted by Crippen LogP contribution is 2.29. The Hall–Kier alpha value is -2.63. The minimum Gasteiger partial charge on any atom is -0.316 e. The van der Waals surface area contributed by atoms with Crippen molar-refractivity contribution < 1.29 is 9.59 Å². The highest BCUT2D eigenvalue weighted by Gasteiger charge is 2.17. The number of carbonyl (C=O) groups is 2. The summed E-state index contributed by atoms with van der Waals surface area (Å²) >= 11 is 11.9. The molecule has 0 atom stereocenters. The van der Waals surface area contributed by atoms with Crippen molar-refractivity contribution >= 4 is 57.3 Å². The van der Waals surface area contributed by atoms with Crippen LogP contribution in [0.25, 0.3) is 10.9 Å². The maximum absolute atomic E-state index is 12.1. The van der Waals surface area contributed by atoms with E-state index in [4.69, 9.17) is 23.2 Å². The van der Waals surface area contributed by atoms with E-state index in [9.17, 15) is 9.59 Å². The fourth-order valence-electron chi connectivity index (χ4n) is 2.16. The lowest BCUT2D eigenvalue weighted by Crippen LogP contribution is -2.29. The molecule has 2 N–H and O–H groups in total. The van der Waals surface area contributed by atoms with Gasteiger partial charge in [0, 0.05) is 11.6 Å². The smallest absolute Gasteiger partial charge is 0.314 e. The van der Waals surface area contributed by atoms with Gasteiger partial charge in [-0.25, -0.2) is 0 Å². The number of pyridine rings is 1. The summed E-state index contributed by atoms with van der Waals surface area (Å²) in [5, 5.41) is 6.29. The van der Waals surface area contributed by atoms with Crippen LogP contribution in [0, 0.1) is 0 Å². The highest BCUT2D eigenvalue weighted by molar-refractivity contribution is 6.47. The van der Waals surface area contributed by atoms with Crippen LogP contribution in [0.1, 0.15) is 0 Å². The monoisotopic (exact) mass is 359 g/mol. The molecule has 0 spiro atoms. The van der Waals surface area contributed by atoms with Gasteiger partial charge in [0.2, 0.25) is 0 Å². The summed E-state index contributed by atoms with van der Waals surface area (Å²) in [6.45, 7) is 0. The van der Waals surface area contributed by atoms with Gasteiger partial charge in [-0.3, -0.25) is 14.6 Å². The van der Waals surface area contributed by atoms with Gasteiger partial charge in [-0.1, -0.05) is 47.5 Å². The molecule has 0 aliphatic carbocycles. The highest BCUT2D eigenvalue weighted by atomic mass is 35.5. The molecule has 3 rings (SSSR count). The maximum atomic E-state index is 12.1.